The van der Waals surface area contributed by atoms with Crippen LogP contribution >= 0.6 is 0 Å². The largest absolute Gasteiger partial charge is 0.393 e. The summed E-state index contributed by atoms with van der Waals surface area (Å²) in [5.41, 5.74) is 0.539. The van der Waals surface area contributed by atoms with Crippen molar-refractivity contribution in [1.82, 2.24) is 4.90 Å². The van der Waals surface area contributed by atoms with Gasteiger partial charge in [-0.05, 0) is 50.1 Å². The number of nitrogens with zero attached hydrogens (tertiary/aromatic N) is 1. The molecule has 2 atom stereocenters. The smallest absolute Gasteiger partial charge is 0.176 e. The summed E-state index contributed by atoms with van der Waals surface area (Å²) in [5.74, 6) is -0.0749. The lowest BCUT2D eigenvalue weighted by atomic mass is 10.0. The van der Waals surface area contributed by atoms with Gasteiger partial charge in [0, 0.05) is 12.1 Å². The molecule has 4 heteroatoms. The highest BCUT2D eigenvalue weighted by molar-refractivity contribution is 5.97. The minimum Gasteiger partial charge on any atom is -0.393 e. The number of Topliss-reactive ketones (excluding diaryl/α,β-unsaturated/α-hetero) is 1. The highest BCUT2D eigenvalue weighted by atomic mass is 19.1. The number of carbonyl (C=O) groups excluding carboxylic acids is 1. The third kappa shape index (κ3) is 3.15. The van der Waals surface area contributed by atoms with E-state index < -0.39 is 0 Å². The Morgan fingerprint density at radius 2 is 2.17 bits per heavy atom. The molecule has 18 heavy (non-hydrogen) atoms. The maximum absolute atomic E-state index is 12.7. The Morgan fingerprint density at radius 1 is 1.50 bits per heavy atom. The van der Waals surface area contributed by atoms with Crippen LogP contribution in [0.3, 0.4) is 0 Å². The van der Waals surface area contributed by atoms with Crippen LogP contribution in [-0.4, -0.2) is 41.5 Å². The molecule has 1 heterocycles. The van der Waals surface area contributed by atoms with Gasteiger partial charge in [-0.1, -0.05) is 0 Å². The molecular formula is C14H18FNO2. The zero-order valence-corrected chi connectivity index (χ0v) is 10.5. The third-order valence-corrected chi connectivity index (χ3v) is 3.52. The van der Waals surface area contributed by atoms with Gasteiger partial charge in [0.1, 0.15) is 5.82 Å². The van der Waals surface area contributed by atoms with Crippen molar-refractivity contribution in [3.63, 3.8) is 0 Å². The van der Waals surface area contributed by atoms with Crippen molar-refractivity contribution in [2.45, 2.75) is 19.4 Å². The molecule has 0 saturated carbocycles. The highest BCUT2D eigenvalue weighted by Gasteiger charge is 2.27. The van der Waals surface area contributed by atoms with E-state index in [9.17, 15) is 14.3 Å². The number of carbonyl (C=O) groups is 1. The molecule has 0 amide bonds. The zero-order chi connectivity index (χ0) is 13.1. The third-order valence-electron chi connectivity index (χ3n) is 3.52. The Labute approximate surface area is 106 Å². The van der Waals surface area contributed by atoms with E-state index in [1.54, 1.807) is 6.92 Å². The predicted molar refractivity (Wildman–Crippen MR) is 67.0 cm³/mol. The van der Waals surface area contributed by atoms with E-state index in [-0.39, 0.29) is 23.6 Å². The maximum Gasteiger partial charge on any atom is 0.176 e. The van der Waals surface area contributed by atoms with Crippen molar-refractivity contribution in [2.24, 2.45) is 5.92 Å². The molecule has 3 nitrogen and oxygen atoms in total. The fraction of sp³-hybridized carbons (Fsp3) is 0.500. The maximum atomic E-state index is 12.7. The van der Waals surface area contributed by atoms with Crippen LogP contribution in [0.1, 0.15) is 23.7 Å². The summed E-state index contributed by atoms with van der Waals surface area (Å²) in [7, 11) is 0. The summed E-state index contributed by atoms with van der Waals surface area (Å²) < 4.78 is 12.7. The topological polar surface area (TPSA) is 40.5 Å². The minimum atomic E-state index is -0.332. The Morgan fingerprint density at radius 3 is 2.72 bits per heavy atom. The van der Waals surface area contributed by atoms with Gasteiger partial charge in [-0.3, -0.25) is 9.69 Å². The molecule has 0 aliphatic carbocycles. The molecule has 1 N–H and O–H groups in total. The standard InChI is InChI=1S/C14H18FNO2/c1-10(17)12-6-7-16(8-12)9-14(18)11-2-4-13(15)5-3-11/h2-5,10,12,17H,6-9H2,1H3. The SMILES string of the molecule is CC(O)C1CCN(CC(=O)c2ccc(F)cc2)C1. The fourth-order valence-electron chi connectivity index (χ4n) is 2.33. The average Bonchev–Trinajstić information content (AvgIpc) is 2.78. The van der Waals surface area contributed by atoms with Gasteiger partial charge in [0.15, 0.2) is 5.78 Å². The number of hydrogen-bond donors (Lipinski definition) is 1. The van der Waals surface area contributed by atoms with Gasteiger partial charge >= 0.3 is 0 Å². The van der Waals surface area contributed by atoms with Crippen LogP contribution in [0.5, 0.6) is 0 Å². The number of rotatable bonds is 4. The Bertz CT molecular complexity index is 416. The molecule has 1 aliphatic heterocycles. The first-order chi connectivity index (χ1) is 8.56. The Kier molecular flexibility index (Phi) is 4.09. The molecule has 0 bridgehead atoms. The average molecular weight is 251 g/mol. The summed E-state index contributed by atoms with van der Waals surface area (Å²) >= 11 is 0. The van der Waals surface area contributed by atoms with E-state index in [0.29, 0.717) is 12.1 Å². The van der Waals surface area contributed by atoms with Crippen molar-refractivity contribution in [2.75, 3.05) is 19.6 Å². The van der Waals surface area contributed by atoms with Gasteiger partial charge < -0.3 is 5.11 Å². The number of aliphatic hydroxyl groups is 1. The van der Waals surface area contributed by atoms with E-state index in [0.717, 1.165) is 19.5 Å². The highest BCUT2D eigenvalue weighted by Crippen LogP contribution is 2.19. The van der Waals surface area contributed by atoms with Crippen molar-refractivity contribution in [3.05, 3.63) is 35.6 Å². The Hall–Kier alpha value is -1.26. The van der Waals surface area contributed by atoms with Crippen LogP contribution in [-0.2, 0) is 0 Å². The first-order valence-electron chi connectivity index (χ1n) is 6.25. The molecular weight excluding hydrogens is 233 g/mol. The lowest BCUT2D eigenvalue weighted by Crippen LogP contribution is -2.29. The van der Waals surface area contributed by atoms with E-state index in [4.69, 9.17) is 0 Å². The van der Waals surface area contributed by atoms with Crippen LogP contribution in [0.4, 0.5) is 4.39 Å². The summed E-state index contributed by atoms with van der Waals surface area (Å²) in [6.45, 7) is 3.72. The molecule has 0 aromatic heterocycles. The van der Waals surface area contributed by atoms with Gasteiger partial charge in [-0.25, -0.2) is 4.39 Å². The fourth-order valence-corrected chi connectivity index (χ4v) is 2.33. The number of aliphatic hydroxyl groups excluding tert-OH is 1. The van der Waals surface area contributed by atoms with Crippen molar-refractivity contribution in [3.8, 4) is 0 Å². The van der Waals surface area contributed by atoms with E-state index in [1.807, 2.05) is 4.90 Å². The number of likely N-dealkylation sites (tertiary alicyclic amines) is 1. The number of halogens is 1. The summed E-state index contributed by atoms with van der Waals surface area (Å²) in [6, 6.07) is 5.63. The molecule has 0 radical (unpaired) electrons. The number of ketones is 1. The van der Waals surface area contributed by atoms with Crippen LogP contribution in [0.2, 0.25) is 0 Å². The summed E-state index contributed by atoms with van der Waals surface area (Å²) in [5, 5.41) is 9.50. The van der Waals surface area contributed by atoms with Gasteiger partial charge in [0.05, 0.1) is 12.6 Å². The van der Waals surface area contributed by atoms with Crippen molar-refractivity contribution in [1.29, 1.82) is 0 Å². The monoisotopic (exact) mass is 251 g/mol. The first-order valence-corrected chi connectivity index (χ1v) is 6.25. The lowest BCUT2D eigenvalue weighted by Gasteiger charge is -2.16. The van der Waals surface area contributed by atoms with Gasteiger partial charge in [0.25, 0.3) is 0 Å². The van der Waals surface area contributed by atoms with Gasteiger partial charge in [0.2, 0.25) is 0 Å². The molecule has 0 spiro atoms. The minimum absolute atomic E-state index is 0.00115. The molecule has 1 aliphatic rings. The normalized spacial score (nSPS) is 22.1. The van der Waals surface area contributed by atoms with Gasteiger partial charge in [-0.2, -0.15) is 0 Å². The molecule has 2 unspecified atom stereocenters. The predicted octanol–water partition coefficient (Wildman–Crippen LogP) is 1.71. The number of hydrogen-bond acceptors (Lipinski definition) is 3. The molecule has 1 fully saturated rings. The molecule has 98 valence electrons. The molecule has 1 aromatic rings. The van der Waals surface area contributed by atoms with Crippen LogP contribution in [0, 0.1) is 11.7 Å². The number of benzene rings is 1. The van der Waals surface area contributed by atoms with E-state index in [2.05, 4.69) is 0 Å². The van der Waals surface area contributed by atoms with E-state index in [1.165, 1.54) is 24.3 Å². The van der Waals surface area contributed by atoms with E-state index >= 15 is 0 Å². The second-order valence-corrected chi connectivity index (χ2v) is 4.95. The van der Waals surface area contributed by atoms with Crippen LogP contribution in [0.25, 0.3) is 0 Å². The van der Waals surface area contributed by atoms with Crippen LogP contribution < -0.4 is 0 Å². The first kappa shape index (κ1) is 13.2. The van der Waals surface area contributed by atoms with Crippen LogP contribution in [0.15, 0.2) is 24.3 Å². The lowest BCUT2D eigenvalue weighted by molar-refractivity contribution is 0.0925. The summed E-state index contributed by atoms with van der Waals surface area (Å²) in [6.07, 6.45) is 0.602. The molecule has 1 aromatic carbocycles. The summed E-state index contributed by atoms with van der Waals surface area (Å²) in [4.78, 5) is 14.0. The quantitative estimate of drug-likeness (QED) is 0.828. The van der Waals surface area contributed by atoms with Crippen molar-refractivity contribution >= 4 is 5.78 Å². The second kappa shape index (κ2) is 5.59. The van der Waals surface area contributed by atoms with Crippen molar-refractivity contribution < 1.29 is 14.3 Å². The second-order valence-electron chi connectivity index (χ2n) is 4.95. The van der Waals surface area contributed by atoms with Gasteiger partial charge in [-0.15, -0.1) is 0 Å². The zero-order valence-electron chi connectivity index (χ0n) is 10.5. The molecule has 1 saturated heterocycles. The Balaban J connectivity index is 1.91. The molecule has 2 rings (SSSR count).